The Morgan fingerprint density at radius 2 is 1.59 bits per heavy atom. The number of benzene rings is 1. The zero-order chi connectivity index (χ0) is 16.0. The van der Waals surface area contributed by atoms with E-state index in [0.717, 1.165) is 6.04 Å². The standard InChI is InChI=1S/C18H31FN2Si/c1-4-5-10-20-11-13-21(14-12-20)16-22(2,3)15-17-6-8-18(19)9-7-17/h6-9H,4-5,10-16H2,1-3H3. The van der Waals surface area contributed by atoms with Crippen LogP contribution in [0.4, 0.5) is 4.39 Å². The van der Waals surface area contributed by atoms with Crippen LogP contribution < -0.4 is 0 Å². The lowest BCUT2D eigenvalue weighted by atomic mass is 10.2. The van der Waals surface area contributed by atoms with Gasteiger partial charge in [0.05, 0.1) is 8.07 Å². The Hall–Kier alpha value is -0.713. The molecule has 2 rings (SSSR count). The quantitative estimate of drug-likeness (QED) is 0.708. The first kappa shape index (κ1) is 17.6. The molecule has 0 radical (unpaired) electrons. The SMILES string of the molecule is CCCCN1CCN(C[Si](C)(C)Cc2ccc(F)cc2)CC1. The fraction of sp³-hybridized carbons (Fsp3) is 0.667. The largest absolute Gasteiger partial charge is 0.304 e. The Kier molecular flexibility index (Phi) is 6.60. The molecule has 1 aliphatic heterocycles. The number of unbranched alkanes of at least 4 members (excludes halogenated alkanes) is 1. The highest BCUT2D eigenvalue weighted by atomic mass is 28.3. The van der Waals surface area contributed by atoms with Crippen LogP contribution in [-0.2, 0) is 6.04 Å². The molecule has 1 aromatic rings. The summed E-state index contributed by atoms with van der Waals surface area (Å²) in [5, 5.41) is 0. The van der Waals surface area contributed by atoms with E-state index in [1.54, 1.807) is 12.1 Å². The van der Waals surface area contributed by atoms with Crippen molar-refractivity contribution in [1.82, 2.24) is 9.80 Å². The summed E-state index contributed by atoms with van der Waals surface area (Å²) < 4.78 is 13.0. The van der Waals surface area contributed by atoms with Crippen LogP contribution in [0.25, 0.3) is 0 Å². The molecule has 0 aliphatic carbocycles. The Labute approximate surface area is 136 Å². The molecule has 0 N–H and O–H groups in total. The Morgan fingerprint density at radius 3 is 2.18 bits per heavy atom. The second-order valence-corrected chi connectivity index (χ2v) is 12.4. The van der Waals surface area contributed by atoms with Crippen LogP contribution in [0.1, 0.15) is 25.3 Å². The van der Waals surface area contributed by atoms with E-state index < -0.39 is 8.07 Å². The summed E-state index contributed by atoms with van der Waals surface area (Å²) in [4.78, 5) is 5.26. The summed E-state index contributed by atoms with van der Waals surface area (Å²) in [6.45, 7) is 13.3. The molecule has 0 atom stereocenters. The topological polar surface area (TPSA) is 6.48 Å². The fourth-order valence-electron chi connectivity index (χ4n) is 3.37. The average Bonchev–Trinajstić information content (AvgIpc) is 2.48. The first-order valence-corrected chi connectivity index (χ1v) is 12.1. The zero-order valence-electron chi connectivity index (χ0n) is 14.4. The molecule has 1 fully saturated rings. The summed E-state index contributed by atoms with van der Waals surface area (Å²) in [5.41, 5.74) is 1.29. The third-order valence-electron chi connectivity index (χ3n) is 4.54. The Balaban J connectivity index is 1.78. The van der Waals surface area contributed by atoms with Gasteiger partial charge < -0.3 is 9.80 Å². The van der Waals surface area contributed by atoms with Crippen LogP contribution in [0, 0.1) is 5.82 Å². The number of halogens is 1. The first-order valence-electron chi connectivity index (χ1n) is 8.68. The molecule has 1 saturated heterocycles. The van der Waals surface area contributed by atoms with Crippen molar-refractivity contribution in [2.45, 2.75) is 38.9 Å². The van der Waals surface area contributed by atoms with Crippen molar-refractivity contribution in [2.24, 2.45) is 0 Å². The molecule has 1 aliphatic rings. The number of nitrogens with zero attached hydrogens (tertiary/aromatic N) is 2. The van der Waals surface area contributed by atoms with Gasteiger partial charge >= 0.3 is 0 Å². The summed E-state index contributed by atoms with van der Waals surface area (Å²) >= 11 is 0. The van der Waals surface area contributed by atoms with Crippen molar-refractivity contribution in [3.63, 3.8) is 0 Å². The highest BCUT2D eigenvalue weighted by Gasteiger charge is 2.26. The molecular formula is C18H31FN2Si. The maximum Gasteiger partial charge on any atom is 0.123 e. The number of hydrogen-bond donors (Lipinski definition) is 0. The highest BCUT2D eigenvalue weighted by Crippen LogP contribution is 2.15. The van der Waals surface area contributed by atoms with Gasteiger partial charge in [-0.3, -0.25) is 0 Å². The van der Waals surface area contributed by atoms with Gasteiger partial charge in [0.1, 0.15) is 5.82 Å². The summed E-state index contributed by atoms with van der Waals surface area (Å²) in [7, 11) is -1.31. The van der Waals surface area contributed by atoms with Gasteiger partial charge in [-0.2, -0.15) is 0 Å². The summed E-state index contributed by atoms with van der Waals surface area (Å²) in [6.07, 6.45) is 3.87. The molecule has 0 unspecified atom stereocenters. The van der Waals surface area contributed by atoms with E-state index in [9.17, 15) is 4.39 Å². The summed E-state index contributed by atoms with van der Waals surface area (Å²) in [5.74, 6) is -0.133. The molecule has 1 aromatic carbocycles. The first-order chi connectivity index (χ1) is 10.5. The zero-order valence-corrected chi connectivity index (χ0v) is 15.4. The van der Waals surface area contributed by atoms with Crippen LogP contribution in [-0.4, -0.2) is 56.8 Å². The van der Waals surface area contributed by atoms with E-state index in [-0.39, 0.29) is 5.82 Å². The van der Waals surface area contributed by atoms with Crippen LogP contribution in [0.3, 0.4) is 0 Å². The van der Waals surface area contributed by atoms with E-state index in [1.165, 1.54) is 57.3 Å². The van der Waals surface area contributed by atoms with Gasteiger partial charge in [-0.15, -0.1) is 0 Å². The molecule has 22 heavy (non-hydrogen) atoms. The van der Waals surface area contributed by atoms with Crippen LogP contribution in [0.2, 0.25) is 13.1 Å². The Morgan fingerprint density at radius 1 is 1.00 bits per heavy atom. The van der Waals surface area contributed by atoms with Gasteiger partial charge in [0.15, 0.2) is 0 Å². The van der Waals surface area contributed by atoms with Gasteiger partial charge in [-0.25, -0.2) is 4.39 Å². The second kappa shape index (κ2) is 8.23. The normalized spacial score (nSPS) is 17.8. The Bertz CT molecular complexity index is 439. The van der Waals surface area contributed by atoms with Crippen molar-refractivity contribution in [3.8, 4) is 0 Å². The minimum atomic E-state index is -1.31. The van der Waals surface area contributed by atoms with E-state index >= 15 is 0 Å². The smallest absolute Gasteiger partial charge is 0.123 e. The molecule has 1 heterocycles. The predicted octanol–water partition coefficient (Wildman–Crippen LogP) is 3.57. The molecule has 4 heteroatoms. The van der Waals surface area contributed by atoms with Gasteiger partial charge in [-0.05, 0) is 37.3 Å². The molecule has 0 spiro atoms. The van der Waals surface area contributed by atoms with Crippen LogP contribution in [0.5, 0.6) is 0 Å². The fourth-order valence-corrected chi connectivity index (χ4v) is 6.35. The average molecular weight is 323 g/mol. The second-order valence-electron chi connectivity index (χ2n) is 7.44. The summed E-state index contributed by atoms with van der Waals surface area (Å²) in [6, 6.07) is 8.22. The molecular weight excluding hydrogens is 291 g/mol. The maximum atomic E-state index is 13.0. The van der Waals surface area contributed by atoms with E-state index in [0.29, 0.717) is 0 Å². The monoisotopic (exact) mass is 322 g/mol. The van der Waals surface area contributed by atoms with Crippen molar-refractivity contribution in [2.75, 3.05) is 38.9 Å². The van der Waals surface area contributed by atoms with Crippen molar-refractivity contribution < 1.29 is 4.39 Å². The third-order valence-corrected chi connectivity index (χ3v) is 7.21. The van der Waals surface area contributed by atoms with Crippen molar-refractivity contribution in [1.29, 1.82) is 0 Å². The minimum absolute atomic E-state index is 0.133. The maximum absolute atomic E-state index is 13.0. The van der Waals surface area contributed by atoms with Crippen molar-refractivity contribution in [3.05, 3.63) is 35.6 Å². The third kappa shape index (κ3) is 5.82. The number of rotatable bonds is 7. The molecule has 0 bridgehead atoms. The van der Waals surface area contributed by atoms with Crippen LogP contribution >= 0.6 is 0 Å². The van der Waals surface area contributed by atoms with Crippen molar-refractivity contribution >= 4 is 8.07 Å². The predicted molar refractivity (Wildman–Crippen MR) is 95.4 cm³/mol. The van der Waals surface area contributed by atoms with E-state index in [2.05, 4.69) is 29.8 Å². The van der Waals surface area contributed by atoms with E-state index in [4.69, 9.17) is 0 Å². The lowest BCUT2D eigenvalue weighted by molar-refractivity contribution is 0.144. The highest BCUT2D eigenvalue weighted by molar-refractivity contribution is 6.77. The van der Waals surface area contributed by atoms with Gasteiger partial charge in [0.25, 0.3) is 0 Å². The van der Waals surface area contributed by atoms with Gasteiger partial charge in [0.2, 0.25) is 0 Å². The van der Waals surface area contributed by atoms with Gasteiger partial charge in [0, 0.05) is 26.2 Å². The molecule has 2 nitrogen and oxygen atoms in total. The lowest BCUT2D eigenvalue weighted by Crippen LogP contribution is -2.52. The molecule has 0 saturated carbocycles. The van der Waals surface area contributed by atoms with E-state index in [1.807, 2.05) is 12.1 Å². The molecule has 0 amide bonds. The molecule has 0 aromatic heterocycles. The molecule has 124 valence electrons. The van der Waals surface area contributed by atoms with Gasteiger partial charge in [-0.1, -0.05) is 44.1 Å². The van der Waals surface area contributed by atoms with Crippen LogP contribution in [0.15, 0.2) is 24.3 Å². The lowest BCUT2D eigenvalue weighted by Gasteiger charge is -2.38. The number of piperazine rings is 1. The number of hydrogen-bond acceptors (Lipinski definition) is 2. The minimum Gasteiger partial charge on any atom is -0.304 e.